The van der Waals surface area contributed by atoms with Gasteiger partial charge in [0.1, 0.15) is 23.9 Å². The summed E-state index contributed by atoms with van der Waals surface area (Å²) >= 11 is 0. The van der Waals surface area contributed by atoms with Gasteiger partial charge in [0, 0.05) is 44.7 Å². The molecule has 7 heteroatoms. The molecule has 1 N–H and O–H groups in total. The van der Waals surface area contributed by atoms with Crippen molar-refractivity contribution in [3.8, 4) is 0 Å². The molecule has 22 heavy (non-hydrogen) atoms. The summed E-state index contributed by atoms with van der Waals surface area (Å²) in [6.45, 7) is 1.27. The highest BCUT2D eigenvalue weighted by Crippen LogP contribution is 2.32. The third-order valence-electron chi connectivity index (χ3n) is 3.90. The van der Waals surface area contributed by atoms with Crippen LogP contribution in [0.5, 0.6) is 0 Å². The summed E-state index contributed by atoms with van der Waals surface area (Å²) in [4.78, 5) is 24.2. The number of hydrogen-bond acceptors (Lipinski definition) is 5. The monoisotopic (exact) mass is 301 g/mol. The van der Waals surface area contributed by atoms with E-state index >= 15 is 0 Å². The molecule has 0 aromatic carbocycles. The van der Waals surface area contributed by atoms with Crippen molar-refractivity contribution in [2.75, 3.05) is 13.2 Å². The van der Waals surface area contributed by atoms with Gasteiger partial charge in [0.15, 0.2) is 0 Å². The zero-order valence-corrected chi connectivity index (χ0v) is 12.5. The molecule has 2 aromatic heterocycles. The van der Waals surface area contributed by atoms with Crippen molar-refractivity contribution < 1.29 is 9.53 Å². The lowest BCUT2D eigenvalue weighted by Crippen LogP contribution is -2.36. The molecule has 3 rings (SSSR count). The van der Waals surface area contributed by atoms with E-state index in [0.29, 0.717) is 12.2 Å². The maximum Gasteiger partial charge on any atom is 0.270 e. The van der Waals surface area contributed by atoms with Crippen molar-refractivity contribution in [3.05, 3.63) is 42.5 Å². The number of imidazole rings is 1. The fraction of sp³-hybridized carbons (Fsp3) is 0.467. The van der Waals surface area contributed by atoms with Gasteiger partial charge in [-0.15, -0.1) is 0 Å². The second kappa shape index (κ2) is 6.65. The van der Waals surface area contributed by atoms with E-state index < -0.39 is 0 Å². The van der Waals surface area contributed by atoms with Crippen LogP contribution in [0.25, 0.3) is 0 Å². The number of aryl methyl sites for hydroxylation is 1. The van der Waals surface area contributed by atoms with Gasteiger partial charge in [0.25, 0.3) is 5.91 Å². The number of carbonyl (C=O) groups excluding carboxylic acids is 1. The van der Waals surface area contributed by atoms with Gasteiger partial charge in [-0.25, -0.2) is 15.0 Å². The van der Waals surface area contributed by atoms with E-state index in [1.807, 2.05) is 17.8 Å². The number of nitrogens with zero attached hydrogens (tertiary/aromatic N) is 4. The number of amides is 1. The molecule has 116 valence electrons. The molecular weight excluding hydrogens is 282 g/mol. The maximum atomic E-state index is 12.1. The van der Waals surface area contributed by atoms with Crippen LogP contribution in [0.3, 0.4) is 0 Å². The molecule has 1 aliphatic rings. The molecule has 1 saturated heterocycles. The van der Waals surface area contributed by atoms with E-state index in [0.717, 1.165) is 25.3 Å². The van der Waals surface area contributed by atoms with Crippen LogP contribution in [0.4, 0.5) is 0 Å². The predicted molar refractivity (Wildman–Crippen MR) is 79.0 cm³/mol. The fourth-order valence-corrected chi connectivity index (χ4v) is 2.73. The zero-order valence-electron chi connectivity index (χ0n) is 12.5. The summed E-state index contributed by atoms with van der Waals surface area (Å²) in [7, 11) is 1.96. The first-order chi connectivity index (χ1) is 10.8. The third-order valence-corrected chi connectivity index (χ3v) is 3.90. The summed E-state index contributed by atoms with van der Waals surface area (Å²) in [6.07, 6.45) is 8.52. The number of hydrogen-bond donors (Lipinski definition) is 1. The first kappa shape index (κ1) is 14.6. The molecule has 0 saturated carbocycles. The SMILES string of the molecule is Cn1ccnc1[C@@H]1OCCC[C@H]1CNC(=O)c1ccncn1. The van der Waals surface area contributed by atoms with Crippen molar-refractivity contribution >= 4 is 5.91 Å². The van der Waals surface area contributed by atoms with Gasteiger partial charge >= 0.3 is 0 Å². The fourth-order valence-electron chi connectivity index (χ4n) is 2.73. The molecule has 2 atom stereocenters. The highest BCUT2D eigenvalue weighted by atomic mass is 16.5. The summed E-state index contributed by atoms with van der Waals surface area (Å²) < 4.78 is 7.86. The molecule has 0 bridgehead atoms. The van der Waals surface area contributed by atoms with Crippen molar-refractivity contribution in [3.63, 3.8) is 0 Å². The normalized spacial score (nSPS) is 21.5. The largest absolute Gasteiger partial charge is 0.370 e. The maximum absolute atomic E-state index is 12.1. The number of nitrogens with one attached hydrogen (secondary N) is 1. The Labute approximate surface area is 128 Å². The topological polar surface area (TPSA) is 81.9 Å². The minimum atomic E-state index is -0.188. The Bertz CT molecular complexity index is 628. The van der Waals surface area contributed by atoms with E-state index in [-0.39, 0.29) is 17.9 Å². The van der Waals surface area contributed by atoms with Gasteiger partial charge < -0.3 is 14.6 Å². The number of rotatable bonds is 4. The van der Waals surface area contributed by atoms with E-state index in [9.17, 15) is 4.79 Å². The molecule has 3 heterocycles. The quantitative estimate of drug-likeness (QED) is 0.914. The zero-order chi connectivity index (χ0) is 15.4. The second-order valence-electron chi connectivity index (χ2n) is 5.39. The lowest BCUT2D eigenvalue weighted by atomic mass is 9.93. The molecule has 1 amide bonds. The molecular formula is C15H19N5O2. The molecule has 0 radical (unpaired) electrons. The first-order valence-corrected chi connectivity index (χ1v) is 7.38. The number of carbonyl (C=O) groups is 1. The van der Waals surface area contributed by atoms with Crippen LogP contribution in [-0.2, 0) is 11.8 Å². The lowest BCUT2D eigenvalue weighted by molar-refractivity contribution is -0.0337. The average Bonchev–Trinajstić information content (AvgIpc) is 2.99. The van der Waals surface area contributed by atoms with Crippen molar-refractivity contribution in [2.45, 2.75) is 18.9 Å². The Kier molecular flexibility index (Phi) is 4.43. The molecule has 1 aliphatic heterocycles. The van der Waals surface area contributed by atoms with Gasteiger partial charge in [0.05, 0.1) is 0 Å². The summed E-state index contributed by atoms with van der Waals surface area (Å²) in [5.74, 6) is 0.924. The highest BCUT2D eigenvalue weighted by molar-refractivity contribution is 5.92. The van der Waals surface area contributed by atoms with Crippen LogP contribution in [0.2, 0.25) is 0 Å². The highest BCUT2D eigenvalue weighted by Gasteiger charge is 2.30. The van der Waals surface area contributed by atoms with E-state index in [1.54, 1.807) is 18.5 Å². The van der Waals surface area contributed by atoms with Crippen molar-refractivity contribution in [2.24, 2.45) is 13.0 Å². The van der Waals surface area contributed by atoms with Gasteiger partial charge in [-0.05, 0) is 18.9 Å². The summed E-state index contributed by atoms with van der Waals surface area (Å²) in [6, 6.07) is 1.60. The standard InChI is InChI=1S/C15H19N5O2/c1-20-7-6-17-14(20)13-11(3-2-8-22-13)9-18-15(21)12-4-5-16-10-19-12/h4-7,10-11,13H,2-3,8-9H2,1H3,(H,18,21)/t11-,13+/m0/s1. The summed E-state index contributed by atoms with van der Waals surface area (Å²) in [5, 5.41) is 2.93. The molecule has 2 aromatic rings. The van der Waals surface area contributed by atoms with Crippen LogP contribution in [0, 0.1) is 5.92 Å². The van der Waals surface area contributed by atoms with Crippen molar-refractivity contribution in [1.29, 1.82) is 0 Å². The van der Waals surface area contributed by atoms with Gasteiger partial charge in [-0.2, -0.15) is 0 Å². The Balaban J connectivity index is 1.65. The van der Waals surface area contributed by atoms with Crippen LogP contribution >= 0.6 is 0 Å². The van der Waals surface area contributed by atoms with E-state index in [4.69, 9.17) is 4.74 Å². The van der Waals surface area contributed by atoms with E-state index in [2.05, 4.69) is 20.3 Å². The van der Waals surface area contributed by atoms with Crippen molar-refractivity contribution in [1.82, 2.24) is 24.8 Å². The van der Waals surface area contributed by atoms with Crippen LogP contribution in [-0.4, -0.2) is 38.6 Å². The lowest BCUT2D eigenvalue weighted by Gasteiger charge is -2.31. The Morgan fingerprint density at radius 2 is 2.36 bits per heavy atom. The Hall–Kier alpha value is -2.28. The number of ether oxygens (including phenoxy) is 1. The van der Waals surface area contributed by atoms with Crippen LogP contribution < -0.4 is 5.32 Å². The average molecular weight is 301 g/mol. The minimum absolute atomic E-state index is 0.0838. The van der Waals surface area contributed by atoms with Gasteiger partial charge in [-0.3, -0.25) is 4.79 Å². The first-order valence-electron chi connectivity index (χ1n) is 7.38. The predicted octanol–water partition coefficient (Wildman–Crippen LogP) is 1.11. The Morgan fingerprint density at radius 3 is 3.09 bits per heavy atom. The molecule has 1 fully saturated rings. The van der Waals surface area contributed by atoms with Crippen LogP contribution in [0.1, 0.15) is 35.3 Å². The molecule has 7 nitrogen and oxygen atoms in total. The minimum Gasteiger partial charge on any atom is -0.370 e. The molecule has 0 spiro atoms. The number of aromatic nitrogens is 4. The van der Waals surface area contributed by atoms with Gasteiger partial charge in [0.2, 0.25) is 0 Å². The van der Waals surface area contributed by atoms with E-state index in [1.165, 1.54) is 6.33 Å². The van der Waals surface area contributed by atoms with Crippen LogP contribution in [0.15, 0.2) is 31.0 Å². The second-order valence-corrected chi connectivity index (χ2v) is 5.39. The smallest absolute Gasteiger partial charge is 0.270 e. The Morgan fingerprint density at radius 1 is 1.45 bits per heavy atom. The van der Waals surface area contributed by atoms with Gasteiger partial charge in [-0.1, -0.05) is 0 Å². The third kappa shape index (κ3) is 3.14. The molecule has 0 aliphatic carbocycles. The summed E-state index contributed by atoms with van der Waals surface area (Å²) in [5.41, 5.74) is 0.375. The molecule has 0 unspecified atom stereocenters.